The van der Waals surface area contributed by atoms with Crippen molar-refractivity contribution in [2.45, 2.75) is 73.1 Å². The highest BCUT2D eigenvalue weighted by Crippen LogP contribution is 2.17. The second kappa shape index (κ2) is 9.21. The van der Waals surface area contributed by atoms with E-state index in [1.54, 1.807) is 11.3 Å². The second-order valence-electron chi connectivity index (χ2n) is 7.81. The molecule has 0 saturated carbocycles. The number of nitrogens with zero attached hydrogens (tertiary/aromatic N) is 2. The third-order valence-corrected chi connectivity index (χ3v) is 4.38. The van der Waals surface area contributed by atoms with Gasteiger partial charge in [-0.1, -0.05) is 0 Å². The fourth-order valence-corrected chi connectivity index (χ4v) is 2.88. The molecule has 0 spiro atoms. The molecule has 1 heterocycles. The quantitative estimate of drug-likeness (QED) is 0.519. The number of aliphatic imine (C=N–C) groups is 1. The topological polar surface area (TPSA) is 87.6 Å². The fourth-order valence-electron chi connectivity index (χ4n) is 2.02. The van der Waals surface area contributed by atoms with Crippen molar-refractivity contribution in [3.05, 3.63) is 15.6 Å². The molecule has 0 fully saturated rings. The predicted molar refractivity (Wildman–Crippen MR) is 108 cm³/mol. The predicted octanol–water partition coefficient (Wildman–Crippen LogP) is 3.12. The molecule has 0 aliphatic heterocycles. The number of amides is 1. The van der Waals surface area contributed by atoms with Crippen LogP contribution in [0.1, 0.15) is 57.1 Å². The van der Waals surface area contributed by atoms with Gasteiger partial charge in [0.1, 0.15) is 10.6 Å². The van der Waals surface area contributed by atoms with Crippen LogP contribution in [0.3, 0.4) is 0 Å². The van der Waals surface area contributed by atoms with E-state index in [2.05, 4.69) is 32.9 Å². The molecule has 0 aliphatic carbocycles. The lowest BCUT2D eigenvalue weighted by Crippen LogP contribution is -2.54. The Morgan fingerprint density at radius 1 is 1.19 bits per heavy atom. The van der Waals surface area contributed by atoms with E-state index < -0.39 is 17.2 Å². The van der Waals surface area contributed by atoms with Crippen LogP contribution in [0.5, 0.6) is 0 Å². The van der Waals surface area contributed by atoms with Crippen molar-refractivity contribution >= 4 is 23.4 Å². The fraction of sp³-hybridized carbons (Fsp3) is 0.722. The highest BCUT2D eigenvalue weighted by Gasteiger charge is 2.24. The van der Waals surface area contributed by atoms with Gasteiger partial charge in [0.2, 0.25) is 0 Å². The van der Waals surface area contributed by atoms with E-state index in [0.717, 1.165) is 17.2 Å². The average Bonchev–Trinajstić information content (AvgIpc) is 2.78. The lowest BCUT2D eigenvalue weighted by Gasteiger charge is -2.29. The lowest BCUT2D eigenvalue weighted by atomic mass is 10.1. The summed E-state index contributed by atoms with van der Waals surface area (Å²) in [5, 5.41) is 10.3. The number of guanidine groups is 1. The number of aromatic nitrogens is 1. The van der Waals surface area contributed by atoms with E-state index in [1.165, 1.54) is 4.88 Å². The summed E-state index contributed by atoms with van der Waals surface area (Å²) in [5.74, 6) is 0.692. The average molecular weight is 384 g/mol. The molecular weight excluding hydrogens is 350 g/mol. The second-order valence-corrected chi connectivity index (χ2v) is 9.10. The van der Waals surface area contributed by atoms with Crippen molar-refractivity contribution in [2.24, 2.45) is 4.99 Å². The van der Waals surface area contributed by atoms with Gasteiger partial charge in [-0.05, 0) is 55.4 Å². The van der Waals surface area contributed by atoms with Gasteiger partial charge in [-0.2, -0.15) is 0 Å². The number of carbonyl (C=O) groups is 1. The van der Waals surface area contributed by atoms with Gasteiger partial charge in [-0.25, -0.2) is 14.8 Å². The Hall–Kier alpha value is -1.83. The molecule has 0 bridgehead atoms. The molecule has 1 rings (SSSR count). The van der Waals surface area contributed by atoms with Crippen molar-refractivity contribution < 1.29 is 9.53 Å². The number of hydrogen-bond acceptors (Lipinski definition) is 5. The number of alkyl carbamates (subject to hydrolysis) is 1. The Morgan fingerprint density at radius 3 is 2.35 bits per heavy atom. The van der Waals surface area contributed by atoms with Crippen molar-refractivity contribution in [3.8, 4) is 0 Å². The number of rotatable bonds is 6. The van der Waals surface area contributed by atoms with Crippen LogP contribution >= 0.6 is 11.3 Å². The van der Waals surface area contributed by atoms with Gasteiger partial charge < -0.3 is 20.7 Å². The van der Waals surface area contributed by atoms with E-state index in [0.29, 0.717) is 19.0 Å². The van der Waals surface area contributed by atoms with Crippen LogP contribution in [-0.2, 0) is 11.3 Å². The summed E-state index contributed by atoms with van der Waals surface area (Å²) in [7, 11) is 0. The van der Waals surface area contributed by atoms with Crippen molar-refractivity contribution in [2.75, 3.05) is 13.1 Å². The molecular formula is C18H33N5O2S. The smallest absolute Gasteiger partial charge is 0.408 e. The molecule has 7 nitrogen and oxygen atoms in total. The molecule has 0 atom stereocenters. The Morgan fingerprint density at radius 2 is 1.85 bits per heavy atom. The summed E-state index contributed by atoms with van der Waals surface area (Å²) >= 11 is 1.66. The maximum atomic E-state index is 12.0. The molecule has 1 aromatic heterocycles. The zero-order valence-corrected chi connectivity index (χ0v) is 18.1. The molecule has 0 unspecified atom stereocenters. The molecule has 148 valence electrons. The van der Waals surface area contributed by atoms with Crippen LogP contribution in [0.2, 0.25) is 0 Å². The first kappa shape index (κ1) is 22.2. The van der Waals surface area contributed by atoms with Gasteiger partial charge in [0.15, 0.2) is 5.96 Å². The van der Waals surface area contributed by atoms with Gasteiger partial charge in [-0.15, -0.1) is 11.3 Å². The zero-order chi connectivity index (χ0) is 20.0. The van der Waals surface area contributed by atoms with Gasteiger partial charge in [0.05, 0.1) is 17.8 Å². The molecule has 0 aliphatic rings. The summed E-state index contributed by atoms with van der Waals surface area (Å²) in [6.07, 6.45) is -0.431. The maximum Gasteiger partial charge on any atom is 0.408 e. The first-order chi connectivity index (χ1) is 11.9. The highest BCUT2D eigenvalue weighted by molar-refractivity contribution is 7.11. The van der Waals surface area contributed by atoms with Crippen molar-refractivity contribution in [1.82, 2.24) is 20.9 Å². The Kier molecular flexibility index (Phi) is 7.87. The van der Waals surface area contributed by atoms with Crippen LogP contribution in [0.4, 0.5) is 4.79 Å². The van der Waals surface area contributed by atoms with Gasteiger partial charge in [0, 0.05) is 18.0 Å². The van der Waals surface area contributed by atoms with Crippen LogP contribution in [0, 0.1) is 13.8 Å². The number of hydrogen-bond donors (Lipinski definition) is 3. The summed E-state index contributed by atoms with van der Waals surface area (Å²) in [6, 6.07) is 0. The molecule has 0 saturated heterocycles. The largest absolute Gasteiger partial charge is 0.444 e. The minimum Gasteiger partial charge on any atom is -0.444 e. The zero-order valence-electron chi connectivity index (χ0n) is 17.2. The third-order valence-electron chi connectivity index (χ3n) is 3.33. The normalized spacial score (nSPS) is 12.7. The number of carbonyl (C=O) groups excluding carboxylic acids is 1. The number of aryl methyl sites for hydroxylation is 2. The first-order valence-corrected chi connectivity index (χ1v) is 9.70. The molecule has 8 heteroatoms. The van der Waals surface area contributed by atoms with Crippen LogP contribution < -0.4 is 16.0 Å². The number of nitrogens with one attached hydrogen (secondary N) is 3. The Balaban J connectivity index is 2.62. The van der Waals surface area contributed by atoms with Crippen molar-refractivity contribution in [3.63, 3.8) is 0 Å². The minimum absolute atomic E-state index is 0.431. The monoisotopic (exact) mass is 383 g/mol. The number of ether oxygens (including phenoxy) is 1. The lowest BCUT2D eigenvalue weighted by molar-refractivity contribution is 0.0474. The van der Waals surface area contributed by atoms with E-state index in [1.807, 2.05) is 48.5 Å². The summed E-state index contributed by atoms with van der Waals surface area (Å²) in [4.78, 5) is 22.3. The molecule has 0 radical (unpaired) electrons. The molecule has 1 aromatic rings. The van der Waals surface area contributed by atoms with E-state index in [9.17, 15) is 4.79 Å². The standard InChI is InChI=1S/C18H33N5O2S/c1-9-19-15(20-10-14-22-12(2)13(3)26-14)21-11-18(7,8)23-16(24)25-17(4,5)6/h9-11H2,1-8H3,(H,23,24)(H2,19,20,21). The Labute approximate surface area is 161 Å². The van der Waals surface area contributed by atoms with Crippen LogP contribution in [0.15, 0.2) is 4.99 Å². The molecule has 1 amide bonds. The van der Waals surface area contributed by atoms with Gasteiger partial charge in [-0.3, -0.25) is 0 Å². The summed E-state index contributed by atoms with van der Waals surface area (Å²) in [6.45, 7) is 17.3. The van der Waals surface area contributed by atoms with Gasteiger partial charge in [0.25, 0.3) is 0 Å². The molecule has 26 heavy (non-hydrogen) atoms. The van der Waals surface area contributed by atoms with E-state index in [4.69, 9.17) is 4.74 Å². The van der Waals surface area contributed by atoms with Crippen LogP contribution in [-0.4, -0.2) is 41.3 Å². The van der Waals surface area contributed by atoms with Crippen LogP contribution in [0.25, 0.3) is 0 Å². The SMILES string of the molecule is CCNC(=NCc1nc(C)c(C)s1)NCC(C)(C)NC(=O)OC(C)(C)C. The highest BCUT2D eigenvalue weighted by atomic mass is 32.1. The first-order valence-electron chi connectivity index (χ1n) is 8.88. The summed E-state index contributed by atoms with van der Waals surface area (Å²) < 4.78 is 5.32. The minimum atomic E-state index is -0.520. The molecule has 3 N–H and O–H groups in total. The third kappa shape index (κ3) is 8.51. The van der Waals surface area contributed by atoms with E-state index in [-0.39, 0.29) is 0 Å². The van der Waals surface area contributed by atoms with Gasteiger partial charge >= 0.3 is 6.09 Å². The maximum absolute atomic E-state index is 12.0. The summed E-state index contributed by atoms with van der Waals surface area (Å²) in [5.41, 5.74) is 0.0433. The van der Waals surface area contributed by atoms with E-state index >= 15 is 0 Å². The number of thiazole rings is 1. The van der Waals surface area contributed by atoms with Crippen molar-refractivity contribution in [1.29, 1.82) is 0 Å². The Bertz CT molecular complexity index is 613. The molecule has 0 aromatic carbocycles.